The lowest BCUT2D eigenvalue weighted by atomic mass is 10.2. The first-order chi connectivity index (χ1) is 7.29. The van der Waals surface area contributed by atoms with Crippen LogP contribution < -0.4 is 5.32 Å². The summed E-state index contributed by atoms with van der Waals surface area (Å²) < 4.78 is 5.56. The minimum Gasteiger partial charge on any atom is -0.444 e. The van der Waals surface area contributed by atoms with Crippen molar-refractivity contribution in [2.45, 2.75) is 26.4 Å². The lowest BCUT2D eigenvalue weighted by molar-refractivity contribution is 0.0636. The summed E-state index contributed by atoms with van der Waals surface area (Å²) in [6, 6.07) is 1.58. The number of ether oxygens (including phenoxy) is 1. The Bertz CT molecular complexity index is 384. The van der Waals surface area contributed by atoms with E-state index in [0.717, 1.165) is 0 Å². The van der Waals surface area contributed by atoms with Gasteiger partial charge in [-0.3, -0.25) is 5.32 Å². The summed E-state index contributed by atoms with van der Waals surface area (Å²) in [5, 5.41) is 2.93. The Morgan fingerprint density at radius 3 is 2.69 bits per heavy atom. The van der Waals surface area contributed by atoms with Gasteiger partial charge in [0.05, 0.1) is 10.7 Å². The standard InChI is InChI=1S/C10H12BrClN2O2/c1-10(2,3)16-9(15)14-7-6(12)4-5-13-8(7)11/h4-5H,1-3H3,(H,14,15). The molecular formula is C10H12BrClN2O2. The molecule has 0 unspecified atom stereocenters. The smallest absolute Gasteiger partial charge is 0.412 e. The third kappa shape index (κ3) is 3.98. The van der Waals surface area contributed by atoms with Crippen molar-refractivity contribution in [2.24, 2.45) is 0 Å². The second-order valence-electron chi connectivity index (χ2n) is 4.09. The zero-order chi connectivity index (χ0) is 12.3. The number of carbonyl (C=O) groups is 1. The topological polar surface area (TPSA) is 51.2 Å². The number of anilines is 1. The Hall–Kier alpha value is -0.810. The van der Waals surface area contributed by atoms with Gasteiger partial charge in [0.25, 0.3) is 0 Å². The molecule has 0 bridgehead atoms. The van der Waals surface area contributed by atoms with Crippen LogP contribution in [-0.4, -0.2) is 16.7 Å². The van der Waals surface area contributed by atoms with Crippen LogP contribution in [0.3, 0.4) is 0 Å². The molecule has 88 valence electrons. The van der Waals surface area contributed by atoms with Crippen LogP contribution in [0.15, 0.2) is 16.9 Å². The van der Waals surface area contributed by atoms with Crippen LogP contribution >= 0.6 is 27.5 Å². The fraction of sp³-hybridized carbons (Fsp3) is 0.400. The number of nitrogens with one attached hydrogen (secondary N) is 1. The summed E-state index contributed by atoms with van der Waals surface area (Å²) in [6.45, 7) is 5.35. The molecule has 1 amide bonds. The molecule has 0 saturated carbocycles. The van der Waals surface area contributed by atoms with Gasteiger partial charge in [-0.2, -0.15) is 0 Å². The van der Waals surface area contributed by atoms with E-state index < -0.39 is 11.7 Å². The molecule has 16 heavy (non-hydrogen) atoms. The van der Waals surface area contributed by atoms with Crippen molar-refractivity contribution in [1.82, 2.24) is 4.98 Å². The van der Waals surface area contributed by atoms with Gasteiger partial charge in [-0.15, -0.1) is 0 Å². The quantitative estimate of drug-likeness (QED) is 0.802. The second kappa shape index (κ2) is 5.01. The SMILES string of the molecule is CC(C)(C)OC(=O)Nc1c(Cl)ccnc1Br. The molecule has 1 rings (SSSR count). The zero-order valence-electron chi connectivity index (χ0n) is 9.17. The van der Waals surface area contributed by atoms with E-state index in [1.54, 1.807) is 26.8 Å². The van der Waals surface area contributed by atoms with Crippen LogP contribution in [0.5, 0.6) is 0 Å². The molecule has 1 aromatic rings. The summed E-state index contributed by atoms with van der Waals surface area (Å²) in [6.07, 6.45) is 0.968. The highest BCUT2D eigenvalue weighted by atomic mass is 79.9. The van der Waals surface area contributed by atoms with E-state index in [4.69, 9.17) is 16.3 Å². The number of rotatable bonds is 1. The predicted octanol–water partition coefficient (Wildman–Crippen LogP) is 3.84. The molecule has 0 aliphatic rings. The molecular weight excluding hydrogens is 295 g/mol. The number of carbonyl (C=O) groups excluding carboxylic acids is 1. The highest BCUT2D eigenvalue weighted by Crippen LogP contribution is 2.28. The van der Waals surface area contributed by atoms with Gasteiger partial charge in [-0.05, 0) is 42.8 Å². The fourth-order valence-corrected chi connectivity index (χ4v) is 1.67. The molecule has 1 aromatic heterocycles. The molecule has 1 heterocycles. The molecule has 0 spiro atoms. The van der Waals surface area contributed by atoms with E-state index in [1.165, 1.54) is 6.20 Å². The molecule has 0 radical (unpaired) electrons. The lowest BCUT2D eigenvalue weighted by Crippen LogP contribution is -2.27. The maximum Gasteiger partial charge on any atom is 0.412 e. The Morgan fingerprint density at radius 2 is 2.19 bits per heavy atom. The van der Waals surface area contributed by atoms with Crippen molar-refractivity contribution < 1.29 is 9.53 Å². The molecule has 6 heteroatoms. The number of amides is 1. The van der Waals surface area contributed by atoms with Gasteiger partial charge in [0.1, 0.15) is 10.2 Å². The van der Waals surface area contributed by atoms with E-state index in [9.17, 15) is 4.79 Å². The van der Waals surface area contributed by atoms with Crippen LogP contribution in [0, 0.1) is 0 Å². The van der Waals surface area contributed by atoms with Gasteiger partial charge < -0.3 is 4.74 Å². The Balaban J connectivity index is 2.78. The Kier molecular flexibility index (Phi) is 4.15. The van der Waals surface area contributed by atoms with Crippen LogP contribution in [0.4, 0.5) is 10.5 Å². The van der Waals surface area contributed by atoms with Crippen LogP contribution in [0.25, 0.3) is 0 Å². The first-order valence-electron chi connectivity index (χ1n) is 4.59. The number of aromatic nitrogens is 1. The normalized spacial score (nSPS) is 11.1. The molecule has 4 nitrogen and oxygen atoms in total. The summed E-state index contributed by atoms with van der Waals surface area (Å²) >= 11 is 9.09. The minimum atomic E-state index is -0.567. The summed E-state index contributed by atoms with van der Waals surface area (Å²) in [5.74, 6) is 0. The Labute approximate surface area is 107 Å². The summed E-state index contributed by atoms with van der Waals surface area (Å²) in [7, 11) is 0. The van der Waals surface area contributed by atoms with Crippen LogP contribution in [0.1, 0.15) is 20.8 Å². The van der Waals surface area contributed by atoms with E-state index in [0.29, 0.717) is 15.3 Å². The highest BCUT2D eigenvalue weighted by Gasteiger charge is 2.18. The van der Waals surface area contributed by atoms with Gasteiger partial charge in [0.2, 0.25) is 0 Å². The molecule has 0 aromatic carbocycles. The van der Waals surface area contributed by atoms with Crippen molar-refractivity contribution in [3.05, 3.63) is 21.9 Å². The highest BCUT2D eigenvalue weighted by molar-refractivity contribution is 9.10. The number of pyridine rings is 1. The van der Waals surface area contributed by atoms with E-state index in [2.05, 4.69) is 26.2 Å². The van der Waals surface area contributed by atoms with Crippen LogP contribution in [-0.2, 0) is 4.74 Å². The average Bonchev–Trinajstić information content (AvgIpc) is 2.08. The van der Waals surface area contributed by atoms with E-state index in [-0.39, 0.29) is 0 Å². The summed E-state index contributed by atoms with van der Waals surface area (Å²) in [4.78, 5) is 15.4. The van der Waals surface area contributed by atoms with E-state index in [1.807, 2.05) is 0 Å². The molecule has 1 N–H and O–H groups in total. The van der Waals surface area contributed by atoms with Crippen molar-refractivity contribution >= 4 is 39.3 Å². The van der Waals surface area contributed by atoms with Crippen molar-refractivity contribution in [1.29, 1.82) is 0 Å². The van der Waals surface area contributed by atoms with Crippen molar-refractivity contribution in [3.8, 4) is 0 Å². The molecule has 0 aliphatic heterocycles. The van der Waals surface area contributed by atoms with Gasteiger partial charge >= 0.3 is 6.09 Å². The van der Waals surface area contributed by atoms with Gasteiger partial charge in [0, 0.05) is 6.20 Å². The third-order valence-electron chi connectivity index (χ3n) is 1.48. The molecule has 0 aliphatic carbocycles. The van der Waals surface area contributed by atoms with Gasteiger partial charge in [-0.25, -0.2) is 9.78 Å². The van der Waals surface area contributed by atoms with Gasteiger partial charge in [-0.1, -0.05) is 11.6 Å². The van der Waals surface area contributed by atoms with Crippen molar-refractivity contribution in [3.63, 3.8) is 0 Å². The second-order valence-corrected chi connectivity index (χ2v) is 5.24. The molecule has 0 atom stereocenters. The zero-order valence-corrected chi connectivity index (χ0v) is 11.5. The summed E-state index contributed by atoms with van der Waals surface area (Å²) in [5.41, 5.74) is -0.149. The predicted molar refractivity (Wildman–Crippen MR) is 66.8 cm³/mol. The largest absolute Gasteiger partial charge is 0.444 e. The third-order valence-corrected chi connectivity index (χ3v) is 2.40. The lowest BCUT2D eigenvalue weighted by Gasteiger charge is -2.20. The fourth-order valence-electron chi connectivity index (χ4n) is 0.932. The number of nitrogens with zero attached hydrogens (tertiary/aromatic N) is 1. The Morgan fingerprint density at radius 1 is 1.56 bits per heavy atom. The number of hydrogen-bond acceptors (Lipinski definition) is 3. The first-order valence-corrected chi connectivity index (χ1v) is 5.77. The average molecular weight is 308 g/mol. The monoisotopic (exact) mass is 306 g/mol. The molecule has 0 fully saturated rings. The maximum absolute atomic E-state index is 11.5. The maximum atomic E-state index is 11.5. The molecule has 0 saturated heterocycles. The number of hydrogen-bond donors (Lipinski definition) is 1. The van der Waals surface area contributed by atoms with E-state index >= 15 is 0 Å². The number of halogens is 2. The first kappa shape index (κ1) is 13.3. The van der Waals surface area contributed by atoms with Crippen molar-refractivity contribution in [2.75, 3.05) is 5.32 Å². The minimum absolute atomic E-state index is 0.396. The van der Waals surface area contributed by atoms with Crippen LogP contribution in [0.2, 0.25) is 5.02 Å². The van der Waals surface area contributed by atoms with Gasteiger partial charge in [0.15, 0.2) is 0 Å².